The topological polar surface area (TPSA) is 78.9 Å². The minimum absolute atomic E-state index is 0.297. The average molecular weight is 643 g/mol. The summed E-state index contributed by atoms with van der Waals surface area (Å²) in [7, 11) is 0. The number of benzene rings is 3. The minimum Gasteiger partial charge on any atom is -0.492 e. The van der Waals surface area contributed by atoms with E-state index >= 15 is 0 Å². The van der Waals surface area contributed by atoms with Crippen LogP contribution in [0.1, 0.15) is 85.7 Å². The Bertz CT molecular complexity index is 1420. The molecule has 0 aliphatic heterocycles. The molecule has 46 heavy (non-hydrogen) atoms. The van der Waals surface area contributed by atoms with E-state index in [-0.39, 0.29) is 5.91 Å². The maximum atomic E-state index is 13.7. The van der Waals surface area contributed by atoms with E-state index in [1.165, 1.54) is 51.4 Å². The third-order valence-electron chi connectivity index (χ3n) is 9.87. The molecule has 0 aromatic heterocycles. The van der Waals surface area contributed by atoms with Crippen LogP contribution in [0.3, 0.4) is 0 Å². The van der Waals surface area contributed by atoms with Crippen LogP contribution in [-0.2, 0) is 11.3 Å². The lowest BCUT2D eigenvalue weighted by atomic mass is 9.82. The van der Waals surface area contributed by atoms with Crippen LogP contribution < -0.4 is 10.1 Å². The Labute approximate surface area is 279 Å². The first-order valence-electron chi connectivity index (χ1n) is 17.1. The van der Waals surface area contributed by atoms with Gasteiger partial charge in [-0.2, -0.15) is 11.8 Å². The summed E-state index contributed by atoms with van der Waals surface area (Å²) in [6.07, 6.45) is 13.7. The normalized spacial score (nSPS) is 16.8. The number of ether oxygens (including phenoxy) is 1. The lowest BCUT2D eigenvalue weighted by Gasteiger charge is -2.44. The number of rotatable bonds is 16. The van der Waals surface area contributed by atoms with Crippen LogP contribution >= 0.6 is 11.8 Å². The van der Waals surface area contributed by atoms with Crippen molar-refractivity contribution in [2.45, 2.75) is 95.8 Å². The lowest BCUT2D eigenvalue weighted by Crippen LogP contribution is -2.49. The summed E-state index contributed by atoms with van der Waals surface area (Å²) in [5.74, 6) is 0.949. The average Bonchev–Trinajstić information content (AvgIpc) is 3.05. The first kappa shape index (κ1) is 34.1. The molecule has 3 aromatic rings. The number of nitrogens with zero attached hydrogens (tertiary/aromatic N) is 1. The molecule has 2 aliphatic carbocycles. The molecule has 0 spiro atoms. The molecule has 2 N–H and O–H groups in total. The Balaban J connectivity index is 1.45. The Kier molecular flexibility index (Phi) is 12.6. The summed E-state index contributed by atoms with van der Waals surface area (Å²) in [5, 5.41) is 12.6. The number of carboxylic acids is 1. The number of carbonyl (C=O) groups excluding carboxylic acids is 1. The van der Waals surface area contributed by atoms with Gasteiger partial charge >= 0.3 is 5.97 Å². The van der Waals surface area contributed by atoms with E-state index in [1.54, 1.807) is 11.8 Å². The van der Waals surface area contributed by atoms with Crippen LogP contribution in [0.15, 0.2) is 72.8 Å². The van der Waals surface area contributed by atoms with Crippen LogP contribution in [0.25, 0.3) is 11.1 Å². The monoisotopic (exact) mass is 642 g/mol. The summed E-state index contributed by atoms with van der Waals surface area (Å²) in [5.41, 5.74) is 4.59. The van der Waals surface area contributed by atoms with Gasteiger partial charge in [0.25, 0.3) is 5.91 Å². The van der Waals surface area contributed by atoms with Gasteiger partial charge < -0.3 is 15.2 Å². The molecule has 3 aromatic carbocycles. The fourth-order valence-corrected chi connectivity index (χ4v) is 7.49. The number of carbonyl (C=O) groups is 2. The summed E-state index contributed by atoms with van der Waals surface area (Å²) < 4.78 is 6.45. The first-order chi connectivity index (χ1) is 22.4. The Morgan fingerprint density at radius 3 is 2.35 bits per heavy atom. The fourth-order valence-electron chi connectivity index (χ4n) is 7.02. The zero-order chi connectivity index (χ0) is 32.3. The van der Waals surface area contributed by atoms with Crippen molar-refractivity contribution in [2.75, 3.05) is 18.6 Å². The molecule has 2 saturated carbocycles. The van der Waals surface area contributed by atoms with Crippen molar-refractivity contribution in [3.8, 4) is 16.9 Å². The number of amides is 1. The highest BCUT2D eigenvalue weighted by molar-refractivity contribution is 7.98. The van der Waals surface area contributed by atoms with E-state index in [0.717, 1.165) is 46.9 Å². The SMILES string of the molecule is CSCCC(NC(=O)c1ccc(CN(C2CCC2)C(COc2ccccc2)CC2CCCCC2)cc1-c1ccccc1C)C(=O)O. The van der Waals surface area contributed by atoms with Crippen molar-refractivity contribution in [2.24, 2.45) is 5.92 Å². The molecule has 7 heteroatoms. The van der Waals surface area contributed by atoms with Gasteiger partial charge in [-0.25, -0.2) is 4.79 Å². The molecule has 246 valence electrons. The number of aliphatic carboxylic acids is 1. The number of aryl methyl sites for hydroxylation is 1. The highest BCUT2D eigenvalue weighted by Gasteiger charge is 2.33. The van der Waals surface area contributed by atoms with Crippen molar-refractivity contribution in [1.29, 1.82) is 0 Å². The second-order valence-corrected chi connectivity index (χ2v) is 14.1. The Hall–Kier alpha value is -3.29. The summed E-state index contributed by atoms with van der Waals surface area (Å²) >= 11 is 1.58. The molecule has 2 atom stereocenters. The number of carboxylic acid groups (broad SMARTS) is 1. The number of hydrogen-bond acceptors (Lipinski definition) is 5. The van der Waals surface area contributed by atoms with E-state index in [1.807, 2.05) is 54.8 Å². The summed E-state index contributed by atoms with van der Waals surface area (Å²) in [6.45, 7) is 3.51. The molecule has 2 fully saturated rings. The third-order valence-corrected chi connectivity index (χ3v) is 10.5. The number of nitrogens with one attached hydrogen (secondary N) is 1. The predicted octanol–water partition coefficient (Wildman–Crippen LogP) is 8.37. The molecule has 0 bridgehead atoms. The van der Waals surface area contributed by atoms with Crippen molar-refractivity contribution in [3.63, 3.8) is 0 Å². The van der Waals surface area contributed by atoms with E-state index in [9.17, 15) is 14.7 Å². The fraction of sp³-hybridized carbons (Fsp3) is 0.487. The van der Waals surface area contributed by atoms with Crippen molar-refractivity contribution in [1.82, 2.24) is 10.2 Å². The summed E-state index contributed by atoms with van der Waals surface area (Å²) in [4.78, 5) is 28.3. The molecule has 2 aliphatic rings. The van der Waals surface area contributed by atoms with Crippen molar-refractivity contribution >= 4 is 23.6 Å². The molecular weight excluding hydrogens is 593 g/mol. The van der Waals surface area contributed by atoms with Gasteiger partial charge in [-0.15, -0.1) is 0 Å². The molecule has 2 unspecified atom stereocenters. The zero-order valence-electron chi connectivity index (χ0n) is 27.5. The maximum absolute atomic E-state index is 13.7. The van der Waals surface area contributed by atoms with E-state index in [2.05, 4.69) is 41.4 Å². The quantitative estimate of drug-likeness (QED) is 0.163. The number of para-hydroxylation sites is 1. The van der Waals surface area contributed by atoms with E-state index in [4.69, 9.17) is 4.74 Å². The largest absolute Gasteiger partial charge is 0.492 e. The minimum atomic E-state index is -1.01. The van der Waals surface area contributed by atoms with Gasteiger partial charge in [0.05, 0.1) is 0 Å². The van der Waals surface area contributed by atoms with Crippen LogP contribution in [0.2, 0.25) is 0 Å². The van der Waals surface area contributed by atoms with Crippen LogP contribution in [0, 0.1) is 12.8 Å². The Morgan fingerprint density at radius 1 is 0.935 bits per heavy atom. The van der Waals surface area contributed by atoms with Gasteiger partial charge in [0.2, 0.25) is 0 Å². The first-order valence-corrected chi connectivity index (χ1v) is 18.5. The van der Waals surface area contributed by atoms with E-state index in [0.29, 0.717) is 36.4 Å². The van der Waals surface area contributed by atoms with Gasteiger partial charge in [0, 0.05) is 24.2 Å². The smallest absolute Gasteiger partial charge is 0.326 e. The molecular formula is C39H50N2O4S. The summed E-state index contributed by atoms with van der Waals surface area (Å²) in [6, 6.07) is 24.3. The van der Waals surface area contributed by atoms with Crippen LogP contribution in [-0.4, -0.2) is 58.6 Å². The highest BCUT2D eigenvalue weighted by Crippen LogP contribution is 2.35. The Morgan fingerprint density at radius 2 is 1.67 bits per heavy atom. The highest BCUT2D eigenvalue weighted by atomic mass is 32.2. The van der Waals surface area contributed by atoms with Crippen LogP contribution in [0.5, 0.6) is 5.75 Å². The lowest BCUT2D eigenvalue weighted by molar-refractivity contribution is -0.139. The van der Waals surface area contributed by atoms with Gasteiger partial charge in [-0.1, -0.05) is 87.1 Å². The standard InChI is InChI=1S/C39H50N2O4S/c1-28-12-9-10-19-34(28)36-25-30(20-21-35(36)38(42)40-37(39(43)44)22-23-46-2)26-41(31-15-11-16-31)32(24-29-13-5-3-6-14-29)27-45-33-17-7-4-8-18-33/h4,7-10,12,17-21,25,29,31-32,37H,3,5-6,11,13-16,22-24,26-27H2,1-2H3,(H,40,42)(H,43,44). The molecule has 0 saturated heterocycles. The third kappa shape index (κ3) is 9.16. The van der Waals surface area contributed by atoms with Gasteiger partial charge in [0.1, 0.15) is 18.4 Å². The van der Waals surface area contributed by atoms with Crippen molar-refractivity contribution in [3.05, 3.63) is 89.5 Å². The van der Waals surface area contributed by atoms with Gasteiger partial charge in [0.15, 0.2) is 0 Å². The molecule has 6 nitrogen and oxygen atoms in total. The predicted molar refractivity (Wildman–Crippen MR) is 189 cm³/mol. The van der Waals surface area contributed by atoms with Gasteiger partial charge in [-0.3, -0.25) is 9.69 Å². The second kappa shape index (κ2) is 17.0. The van der Waals surface area contributed by atoms with Crippen molar-refractivity contribution < 1.29 is 19.4 Å². The molecule has 0 radical (unpaired) electrons. The van der Waals surface area contributed by atoms with E-state index < -0.39 is 12.0 Å². The molecule has 1 amide bonds. The second-order valence-electron chi connectivity index (χ2n) is 13.1. The number of hydrogen-bond donors (Lipinski definition) is 2. The molecule has 5 rings (SSSR count). The molecule has 0 heterocycles. The number of thioether (sulfide) groups is 1. The maximum Gasteiger partial charge on any atom is 0.326 e. The van der Waals surface area contributed by atoms with Crippen LogP contribution in [0.4, 0.5) is 0 Å². The zero-order valence-corrected chi connectivity index (χ0v) is 28.3. The van der Waals surface area contributed by atoms with Gasteiger partial charge in [-0.05, 0) is 97.1 Å².